The van der Waals surface area contributed by atoms with Crippen molar-refractivity contribution in [2.75, 3.05) is 18.8 Å². The van der Waals surface area contributed by atoms with Crippen LogP contribution < -0.4 is 0 Å². The molecule has 25 heavy (non-hydrogen) atoms. The van der Waals surface area contributed by atoms with E-state index in [0.29, 0.717) is 23.9 Å². The van der Waals surface area contributed by atoms with E-state index in [1.807, 2.05) is 30.0 Å². The van der Waals surface area contributed by atoms with Crippen molar-refractivity contribution in [3.05, 3.63) is 74.8 Å². The molecule has 2 aromatic rings. The van der Waals surface area contributed by atoms with Gasteiger partial charge in [0.25, 0.3) is 11.6 Å². The van der Waals surface area contributed by atoms with E-state index in [4.69, 9.17) is 11.6 Å². The zero-order valence-corrected chi connectivity index (χ0v) is 15.0. The highest BCUT2D eigenvalue weighted by molar-refractivity contribution is 7.99. The maximum absolute atomic E-state index is 12.7. The number of benzene rings is 2. The zero-order valence-electron chi connectivity index (χ0n) is 13.4. The number of rotatable bonds is 3. The molecule has 0 N–H and O–H groups in total. The van der Waals surface area contributed by atoms with Crippen LogP contribution >= 0.6 is 23.4 Å². The van der Waals surface area contributed by atoms with E-state index in [1.165, 1.54) is 17.7 Å². The van der Waals surface area contributed by atoms with Gasteiger partial charge in [0.15, 0.2) is 0 Å². The second-order valence-corrected chi connectivity index (χ2v) is 7.49. The van der Waals surface area contributed by atoms with Crippen LogP contribution in [-0.4, -0.2) is 34.6 Å². The molecule has 5 nitrogen and oxygen atoms in total. The molecule has 0 aromatic heterocycles. The van der Waals surface area contributed by atoms with Crippen molar-refractivity contribution in [2.24, 2.45) is 0 Å². The topological polar surface area (TPSA) is 63.4 Å². The second kappa shape index (κ2) is 7.89. The van der Waals surface area contributed by atoms with Crippen LogP contribution in [0.2, 0.25) is 5.02 Å². The van der Waals surface area contributed by atoms with Gasteiger partial charge in [0.2, 0.25) is 0 Å². The Labute approximate surface area is 155 Å². The number of carbonyl (C=O) groups excluding carboxylic acids is 1. The van der Waals surface area contributed by atoms with Crippen molar-refractivity contribution in [1.82, 2.24) is 4.90 Å². The largest absolute Gasteiger partial charge is 0.338 e. The van der Waals surface area contributed by atoms with Gasteiger partial charge in [-0.3, -0.25) is 14.9 Å². The number of nitrogens with zero attached hydrogens (tertiary/aromatic N) is 2. The molecule has 130 valence electrons. The second-order valence-electron chi connectivity index (χ2n) is 5.77. The lowest BCUT2D eigenvalue weighted by molar-refractivity contribution is -0.384. The number of halogens is 1. The van der Waals surface area contributed by atoms with Gasteiger partial charge < -0.3 is 4.90 Å². The van der Waals surface area contributed by atoms with Gasteiger partial charge in [-0.05, 0) is 24.1 Å². The van der Waals surface area contributed by atoms with E-state index in [9.17, 15) is 14.9 Å². The first-order valence-corrected chi connectivity index (χ1v) is 9.38. The summed E-state index contributed by atoms with van der Waals surface area (Å²) < 4.78 is 0. The quantitative estimate of drug-likeness (QED) is 0.581. The van der Waals surface area contributed by atoms with Gasteiger partial charge in [-0.1, -0.05) is 41.9 Å². The summed E-state index contributed by atoms with van der Waals surface area (Å²) in [6.07, 6.45) is 0.857. The molecule has 0 bridgehead atoms. The minimum atomic E-state index is -0.567. The Morgan fingerprint density at radius 3 is 2.68 bits per heavy atom. The molecule has 3 rings (SSSR count). The number of nitro benzene ring substituents is 1. The number of hydrogen-bond acceptors (Lipinski definition) is 4. The third-order valence-electron chi connectivity index (χ3n) is 4.19. The van der Waals surface area contributed by atoms with Crippen LogP contribution in [0.5, 0.6) is 0 Å². The Balaban J connectivity index is 1.73. The fraction of sp³-hybridized carbons (Fsp3) is 0.278. The normalized spacial score (nSPS) is 17.8. The predicted molar refractivity (Wildman–Crippen MR) is 100 cm³/mol. The highest BCUT2D eigenvalue weighted by Gasteiger charge is 2.24. The predicted octanol–water partition coefficient (Wildman–Crippen LogP) is 4.57. The van der Waals surface area contributed by atoms with Crippen LogP contribution in [0.4, 0.5) is 5.69 Å². The van der Waals surface area contributed by atoms with Gasteiger partial charge in [-0.25, -0.2) is 0 Å². The molecule has 1 heterocycles. The maximum Gasteiger partial charge on any atom is 0.288 e. The maximum atomic E-state index is 12.7. The van der Waals surface area contributed by atoms with Gasteiger partial charge in [0.05, 0.1) is 4.92 Å². The van der Waals surface area contributed by atoms with Crippen molar-refractivity contribution in [1.29, 1.82) is 0 Å². The van der Waals surface area contributed by atoms with Crippen molar-refractivity contribution in [3.63, 3.8) is 0 Å². The summed E-state index contributed by atoms with van der Waals surface area (Å²) in [6.45, 7) is 1.26. The van der Waals surface area contributed by atoms with Crippen LogP contribution in [0, 0.1) is 10.1 Å². The Morgan fingerprint density at radius 2 is 1.96 bits per heavy atom. The lowest BCUT2D eigenvalue weighted by Crippen LogP contribution is -2.33. The molecule has 1 unspecified atom stereocenters. The number of thioether (sulfide) groups is 1. The van der Waals surface area contributed by atoms with Gasteiger partial charge in [0.1, 0.15) is 5.02 Å². The standard InChI is InChI=1S/C18H17ClN2O3S/c19-15-7-6-14(12-16(15)21(23)24)18(22)20-9-8-17(25-11-10-20)13-4-2-1-3-5-13/h1-7,12,17H,8-11H2. The molecule has 0 saturated carbocycles. The van der Waals surface area contributed by atoms with E-state index in [0.717, 1.165) is 12.2 Å². The highest BCUT2D eigenvalue weighted by Crippen LogP contribution is 2.34. The number of carbonyl (C=O) groups is 1. The SMILES string of the molecule is O=C(c1ccc(Cl)c([N+](=O)[O-])c1)N1CCSC(c2ccccc2)CC1. The van der Waals surface area contributed by atoms with E-state index < -0.39 is 4.92 Å². The molecular weight excluding hydrogens is 360 g/mol. The number of hydrogen-bond donors (Lipinski definition) is 0. The lowest BCUT2D eigenvalue weighted by Gasteiger charge is -2.20. The number of nitro groups is 1. The van der Waals surface area contributed by atoms with Crippen molar-refractivity contribution in [3.8, 4) is 0 Å². The van der Waals surface area contributed by atoms with Gasteiger partial charge in [0, 0.05) is 35.7 Å². The lowest BCUT2D eigenvalue weighted by atomic mass is 10.1. The van der Waals surface area contributed by atoms with Crippen LogP contribution in [0.1, 0.15) is 27.6 Å². The van der Waals surface area contributed by atoms with Gasteiger partial charge >= 0.3 is 0 Å². The Hall–Kier alpha value is -2.05. The molecule has 1 atom stereocenters. The Morgan fingerprint density at radius 1 is 1.20 bits per heavy atom. The minimum absolute atomic E-state index is 0.0390. The summed E-state index contributed by atoms with van der Waals surface area (Å²) in [7, 11) is 0. The van der Waals surface area contributed by atoms with Crippen LogP contribution in [0.3, 0.4) is 0 Å². The first kappa shape index (κ1) is 17.8. The van der Waals surface area contributed by atoms with Crippen molar-refractivity contribution in [2.45, 2.75) is 11.7 Å². The minimum Gasteiger partial charge on any atom is -0.338 e. The Kier molecular flexibility index (Phi) is 5.60. The third-order valence-corrected chi connectivity index (χ3v) is 5.84. The summed E-state index contributed by atoms with van der Waals surface area (Å²) in [4.78, 5) is 25.0. The fourth-order valence-electron chi connectivity index (χ4n) is 2.88. The Bertz CT molecular complexity index is 785. The summed E-state index contributed by atoms with van der Waals surface area (Å²) in [5, 5.41) is 11.4. The fourth-order valence-corrected chi connectivity index (χ4v) is 4.29. The van der Waals surface area contributed by atoms with E-state index in [-0.39, 0.29) is 16.6 Å². The van der Waals surface area contributed by atoms with Crippen LogP contribution in [0.15, 0.2) is 48.5 Å². The summed E-state index contributed by atoms with van der Waals surface area (Å²) >= 11 is 7.67. The molecule has 0 spiro atoms. The monoisotopic (exact) mass is 376 g/mol. The van der Waals surface area contributed by atoms with Crippen LogP contribution in [-0.2, 0) is 0 Å². The van der Waals surface area contributed by atoms with Crippen molar-refractivity contribution >= 4 is 35.0 Å². The molecule has 1 fully saturated rings. The smallest absolute Gasteiger partial charge is 0.288 e. The van der Waals surface area contributed by atoms with E-state index >= 15 is 0 Å². The molecule has 1 saturated heterocycles. The van der Waals surface area contributed by atoms with Gasteiger partial charge in [-0.15, -0.1) is 0 Å². The molecule has 2 aromatic carbocycles. The molecule has 1 amide bonds. The zero-order chi connectivity index (χ0) is 17.8. The molecule has 7 heteroatoms. The molecule has 1 aliphatic heterocycles. The average Bonchev–Trinajstić information content (AvgIpc) is 2.88. The van der Waals surface area contributed by atoms with E-state index in [1.54, 1.807) is 11.0 Å². The van der Waals surface area contributed by atoms with Crippen molar-refractivity contribution < 1.29 is 9.72 Å². The molecule has 1 aliphatic rings. The summed E-state index contributed by atoms with van der Waals surface area (Å²) in [5.41, 5.74) is 1.34. The highest BCUT2D eigenvalue weighted by atomic mass is 35.5. The first-order chi connectivity index (χ1) is 12.1. The first-order valence-electron chi connectivity index (χ1n) is 7.96. The number of amides is 1. The third kappa shape index (κ3) is 4.14. The van der Waals surface area contributed by atoms with Gasteiger partial charge in [-0.2, -0.15) is 11.8 Å². The average molecular weight is 377 g/mol. The molecule has 0 radical (unpaired) electrons. The summed E-state index contributed by atoms with van der Waals surface area (Å²) in [5.74, 6) is 0.648. The summed E-state index contributed by atoms with van der Waals surface area (Å²) in [6, 6.07) is 14.5. The molecule has 0 aliphatic carbocycles. The van der Waals surface area contributed by atoms with Crippen LogP contribution in [0.25, 0.3) is 0 Å². The van der Waals surface area contributed by atoms with E-state index in [2.05, 4.69) is 12.1 Å². The molecular formula is C18H17ClN2O3S.